The predicted molar refractivity (Wildman–Crippen MR) is 125 cm³/mol. The van der Waals surface area contributed by atoms with Gasteiger partial charge in [-0.2, -0.15) is 0 Å². The van der Waals surface area contributed by atoms with Crippen molar-refractivity contribution in [2.45, 2.75) is 74.3 Å². The summed E-state index contributed by atoms with van der Waals surface area (Å²) in [5.74, 6) is -0.468. The number of carbonyl (C=O) groups excluding carboxylic acids is 3. The fourth-order valence-corrected chi connectivity index (χ4v) is 2.26. The van der Waals surface area contributed by atoms with Gasteiger partial charge in [0, 0.05) is 18.2 Å². The van der Waals surface area contributed by atoms with Gasteiger partial charge in [-0.25, -0.2) is 4.79 Å². The van der Waals surface area contributed by atoms with E-state index in [1.54, 1.807) is 0 Å². The first-order chi connectivity index (χ1) is 14.2. The van der Waals surface area contributed by atoms with Gasteiger partial charge in [-0.3, -0.25) is 9.59 Å². The molecule has 0 aromatic heterocycles. The monoisotopic (exact) mass is 422 g/mol. The van der Waals surface area contributed by atoms with Crippen LogP contribution in [0.4, 0.5) is 10.5 Å². The molecule has 0 aliphatic heterocycles. The molecule has 0 saturated carbocycles. The summed E-state index contributed by atoms with van der Waals surface area (Å²) >= 11 is 0. The van der Waals surface area contributed by atoms with E-state index in [0.717, 1.165) is 5.56 Å². The molecule has 1 rings (SSSR count). The molecule has 0 spiro atoms. The Balaban J connectivity index is 0. The molecule has 0 saturated heterocycles. The van der Waals surface area contributed by atoms with Gasteiger partial charge >= 0.3 is 6.03 Å². The maximum absolute atomic E-state index is 12.6. The lowest BCUT2D eigenvalue weighted by Gasteiger charge is -2.22. The molecule has 0 bridgehead atoms. The lowest BCUT2D eigenvalue weighted by molar-refractivity contribution is -0.130. The molecule has 7 nitrogen and oxygen atoms in total. The van der Waals surface area contributed by atoms with Crippen molar-refractivity contribution >= 4 is 23.5 Å². The Labute approximate surface area is 182 Å². The normalized spacial score (nSPS) is 11.6. The average molecular weight is 423 g/mol. The van der Waals surface area contributed by atoms with Gasteiger partial charge in [0.05, 0.1) is 0 Å². The average Bonchev–Trinajstić information content (AvgIpc) is 2.73. The molecule has 0 heterocycles. The van der Waals surface area contributed by atoms with Crippen LogP contribution in [-0.4, -0.2) is 30.4 Å². The van der Waals surface area contributed by atoms with E-state index in [0.29, 0.717) is 25.1 Å². The van der Waals surface area contributed by atoms with Crippen molar-refractivity contribution in [2.24, 2.45) is 17.6 Å². The van der Waals surface area contributed by atoms with Crippen LogP contribution < -0.4 is 21.7 Å². The third-order valence-corrected chi connectivity index (χ3v) is 4.33. The molecule has 0 aliphatic carbocycles. The standard InChI is InChI=1S/C19H30N4O3.2C2H6/c1-12(2)14(4)17(24)23-16(6-5-11-21-19(20)26)18(25)22-15-9-7-13(3)8-10-15;2*1-2/h7-10,12,14,16H,5-6,11H2,1-4H3,(H,22,25)(H,23,24)(H3,20,21,26);2*1-2H3. The Morgan fingerprint density at radius 2 is 1.47 bits per heavy atom. The maximum Gasteiger partial charge on any atom is 0.312 e. The largest absolute Gasteiger partial charge is 0.352 e. The van der Waals surface area contributed by atoms with E-state index in [-0.39, 0.29) is 23.7 Å². The van der Waals surface area contributed by atoms with Gasteiger partial charge in [0.25, 0.3) is 0 Å². The quantitative estimate of drug-likeness (QED) is 0.447. The Morgan fingerprint density at radius 3 is 1.93 bits per heavy atom. The van der Waals surface area contributed by atoms with Crippen LogP contribution in [0.2, 0.25) is 0 Å². The molecule has 4 amide bonds. The molecule has 172 valence electrons. The Bertz CT molecular complexity index is 615. The fraction of sp³-hybridized carbons (Fsp3) is 0.609. The van der Waals surface area contributed by atoms with Crippen molar-refractivity contribution < 1.29 is 14.4 Å². The van der Waals surface area contributed by atoms with Gasteiger partial charge in [0.15, 0.2) is 0 Å². The highest BCUT2D eigenvalue weighted by Crippen LogP contribution is 2.13. The first kappa shape index (κ1) is 29.6. The lowest BCUT2D eigenvalue weighted by Crippen LogP contribution is -2.46. The Hall–Kier alpha value is -2.57. The number of hydrogen-bond donors (Lipinski definition) is 4. The number of rotatable bonds is 9. The van der Waals surface area contributed by atoms with E-state index in [1.165, 1.54) is 0 Å². The third-order valence-electron chi connectivity index (χ3n) is 4.33. The number of nitrogens with two attached hydrogens (primary N) is 1. The molecule has 2 unspecified atom stereocenters. The van der Waals surface area contributed by atoms with Crippen molar-refractivity contribution in [3.63, 3.8) is 0 Å². The van der Waals surface area contributed by atoms with E-state index in [2.05, 4.69) is 16.0 Å². The molecular formula is C23H42N4O3. The second-order valence-electron chi connectivity index (χ2n) is 6.88. The summed E-state index contributed by atoms with van der Waals surface area (Å²) in [4.78, 5) is 35.7. The summed E-state index contributed by atoms with van der Waals surface area (Å²) < 4.78 is 0. The van der Waals surface area contributed by atoms with Gasteiger partial charge in [-0.05, 0) is 37.8 Å². The van der Waals surface area contributed by atoms with Crippen molar-refractivity contribution in [3.8, 4) is 0 Å². The summed E-state index contributed by atoms with van der Waals surface area (Å²) in [6.07, 6.45) is 0.916. The zero-order valence-electron chi connectivity index (χ0n) is 20.0. The number of nitrogens with one attached hydrogen (secondary N) is 3. The highest BCUT2D eigenvalue weighted by Gasteiger charge is 2.24. The van der Waals surface area contributed by atoms with E-state index in [1.807, 2.05) is 79.7 Å². The van der Waals surface area contributed by atoms with Gasteiger partial charge in [-0.1, -0.05) is 66.2 Å². The van der Waals surface area contributed by atoms with Gasteiger partial charge in [0.2, 0.25) is 11.8 Å². The number of carbonyl (C=O) groups is 3. The van der Waals surface area contributed by atoms with Crippen LogP contribution in [0.3, 0.4) is 0 Å². The number of benzene rings is 1. The number of urea groups is 1. The first-order valence-electron chi connectivity index (χ1n) is 10.9. The minimum absolute atomic E-state index is 0.160. The molecule has 7 heteroatoms. The smallest absolute Gasteiger partial charge is 0.312 e. The summed E-state index contributed by atoms with van der Waals surface area (Å²) in [7, 11) is 0. The Kier molecular flexibility index (Phi) is 17.1. The van der Waals surface area contributed by atoms with E-state index in [9.17, 15) is 14.4 Å². The first-order valence-corrected chi connectivity index (χ1v) is 10.9. The SMILES string of the molecule is CC.CC.Cc1ccc(NC(=O)C(CCCNC(N)=O)NC(=O)C(C)C(C)C)cc1. The number of primary amides is 1. The number of hydrogen-bond acceptors (Lipinski definition) is 3. The third kappa shape index (κ3) is 12.8. The summed E-state index contributed by atoms with van der Waals surface area (Å²) in [6.45, 7) is 16.1. The van der Waals surface area contributed by atoms with Crippen LogP contribution >= 0.6 is 0 Å². The molecule has 1 aromatic carbocycles. The molecule has 1 aromatic rings. The maximum atomic E-state index is 12.6. The van der Waals surface area contributed by atoms with Crippen molar-refractivity contribution in [2.75, 3.05) is 11.9 Å². The summed E-state index contributed by atoms with van der Waals surface area (Å²) in [5.41, 5.74) is 6.80. The fourth-order valence-electron chi connectivity index (χ4n) is 2.26. The van der Waals surface area contributed by atoms with Crippen molar-refractivity contribution in [3.05, 3.63) is 29.8 Å². The van der Waals surface area contributed by atoms with Crippen LogP contribution in [0.25, 0.3) is 0 Å². The second kappa shape index (κ2) is 17.3. The van der Waals surface area contributed by atoms with E-state index in [4.69, 9.17) is 5.73 Å². The zero-order chi connectivity index (χ0) is 23.7. The number of anilines is 1. The topological polar surface area (TPSA) is 113 Å². The molecule has 0 radical (unpaired) electrons. The second-order valence-corrected chi connectivity index (χ2v) is 6.88. The van der Waals surface area contributed by atoms with Crippen LogP contribution in [0.15, 0.2) is 24.3 Å². The highest BCUT2D eigenvalue weighted by atomic mass is 16.2. The molecule has 30 heavy (non-hydrogen) atoms. The minimum Gasteiger partial charge on any atom is -0.352 e. The zero-order valence-corrected chi connectivity index (χ0v) is 20.0. The predicted octanol–water partition coefficient (Wildman–Crippen LogP) is 4.21. The molecule has 0 aliphatic rings. The van der Waals surface area contributed by atoms with E-state index >= 15 is 0 Å². The van der Waals surface area contributed by atoms with Gasteiger partial charge in [0.1, 0.15) is 6.04 Å². The van der Waals surface area contributed by atoms with Gasteiger partial charge in [-0.15, -0.1) is 0 Å². The molecule has 5 N–H and O–H groups in total. The summed E-state index contributed by atoms with van der Waals surface area (Å²) in [6, 6.07) is 6.15. The number of amides is 4. The number of aryl methyl sites for hydroxylation is 1. The van der Waals surface area contributed by atoms with Crippen LogP contribution in [0.1, 0.15) is 66.9 Å². The highest BCUT2D eigenvalue weighted by molar-refractivity contribution is 5.97. The van der Waals surface area contributed by atoms with Crippen molar-refractivity contribution in [1.29, 1.82) is 0 Å². The minimum atomic E-state index is -0.681. The van der Waals surface area contributed by atoms with Crippen LogP contribution in [-0.2, 0) is 9.59 Å². The van der Waals surface area contributed by atoms with Crippen molar-refractivity contribution in [1.82, 2.24) is 10.6 Å². The van der Waals surface area contributed by atoms with E-state index < -0.39 is 12.1 Å². The lowest BCUT2D eigenvalue weighted by atomic mass is 9.96. The van der Waals surface area contributed by atoms with Crippen LogP contribution in [0, 0.1) is 18.8 Å². The Morgan fingerprint density at radius 1 is 0.933 bits per heavy atom. The molecule has 2 atom stereocenters. The summed E-state index contributed by atoms with van der Waals surface area (Å²) in [5, 5.41) is 8.13. The van der Waals surface area contributed by atoms with Gasteiger partial charge < -0.3 is 21.7 Å². The van der Waals surface area contributed by atoms with Crippen LogP contribution in [0.5, 0.6) is 0 Å². The molecule has 0 fully saturated rings. The molecular weight excluding hydrogens is 380 g/mol.